The molecule has 0 aromatic heterocycles. The van der Waals surface area contributed by atoms with Crippen LogP contribution in [-0.4, -0.2) is 67.9 Å². The summed E-state index contributed by atoms with van der Waals surface area (Å²) in [6.45, 7) is 16.7. The monoisotopic (exact) mass is 383 g/mol. The number of piperidine rings is 1. The van der Waals surface area contributed by atoms with Gasteiger partial charge in [-0.1, -0.05) is 13.3 Å². The number of carbonyl (C=O) groups is 1. The van der Waals surface area contributed by atoms with Crippen molar-refractivity contribution in [2.75, 3.05) is 39.8 Å². The Balaban J connectivity index is 2.34. The predicted octanol–water partition coefficient (Wildman–Crippen LogP) is 2.58. The van der Waals surface area contributed by atoms with Gasteiger partial charge in [-0.15, -0.1) is 0 Å². The highest BCUT2D eigenvalue weighted by Crippen LogP contribution is 2.11. The normalized spacial score (nSPS) is 18.0. The first kappa shape index (κ1) is 23.5. The Bertz CT molecular complexity index is 479. The zero-order chi connectivity index (χ0) is 20.5. The molecule has 0 spiro atoms. The lowest BCUT2D eigenvalue weighted by molar-refractivity contribution is 0.0474. The molecule has 1 heterocycles. The third kappa shape index (κ3) is 11.1. The van der Waals surface area contributed by atoms with E-state index in [1.165, 1.54) is 32.4 Å². The molecule has 1 aliphatic rings. The average Bonchev–Trinajstić information content (AvgIpc) is 2.53. The number of nitrogens with one attached hydrogen (secondary N) is 3. The van der Waals surface area contributed by atoms with Crippen LogP contribution in [0.3, 0.4) is 0 Å². The Morgan fingerprint density at radius 3 is 2.30 bits per heavy atom. The van der Waals surface area contributed by atoms with E-state index < -0.39 is 17.2 Å². The molecule has 1 rings (SSSR count). The van der Waals surface area contributed by atoms with Crippen molar-refractivity contribution in [2.24, 2.45) is 10.9 Å². The van der Waals surface area contributed by atoms with Crippen LogP contribution >= 0.6 is 0 Å². The van der Waals surface area contributed by atoms with E-state index >= 15 is 0 Å². The van der Waals surface area contributed by atoms with E-state index in [1.54, 1.807) is 7.05 Å². The minimum absolute atomic E-state index is 0.410. The summed E-state index contributed by atoms with van der Waals surface area (Å²) >= 11 is 0. The summed E-state index contributed by atoms with van der Waals surface area (Å²) in [6.07, 6.45) is 3.60. The van der Waals surface area contributed by atoms with Gasteiger partial charge < -0.3 is 25.6 Å². The lowest BCUT2D eigenvalue weighted by atomic mass is 10.1. The number of guanidine groups is 1. The third-order valence-corrected chi connectivity index (χ3v) is 4.40. The molecule has 3 N–H and O–H groups in total. The summed E-state index contributed by atoms with van der Waals surface area (Å²) in [5, 5.41) is 9.58. The summed E-state index contributed by atoms with van der Waals surface area (Å²) in [5.74, 6) is 1.30. The van der Waals surface area contributed by atoms with Crippen molar-refractivity contribution in [1.82, 2.24) is 20.9 Å². The Labute approximate surface area is 165 Å². The smallest absolute Gasteiger partial charge is 0.408 e. The van der Waals surface area contributed by atoms with Gasteiger partial charge in [0.1, 0.15) is 5.60 Å². The van der Waals surface area contributed by atoms with Crippen LogP contribution in [0.15, 0.2) is 4.99 Å². The SMILES string of the molecule is CN=C(NCC(C)CN1CCCCC1)NCC(C)(C)NC(=O)OC(C)(C)C. The number of hydrogen-bond acceptors (Lipinski definition) is 4. The molecular formula is C20H41N5O2. The molecule has 7 nitrogen and oxygen atoms in total. The Morgan fingerprint density at radius 2 is 1.74 bits per heavy atom. The molecule has 1 atom stereocenters. The second-order valence-corrected chi connectivity index (χ2v) is 9.28. The van der Waals surface area contributed by atoms with Gasteiger partial charge in [0.05, 0.1) is 5.54 Å². The molecule has 7 heteroatoms. The summed E-state index contributed by atoms with van der Waals surface area (Å²) in [6, 6.07) is 0. The van der Waals surface area contributed by atoms with Crippen LogP contribution in [0.2, 0.25) is 0 Å². The molecule has 1 saturated heterocycles. The molecule has 0 saturated carbocycles. The fourth-order valence-electron chi connectivity index (χ4n) is 3.07. The van der Waals surface area contributed by atoms with Gasteiger partial charge in [0.15, 0.2) is 5.96 Å². The van der Waals surface area contributed by atoms with Crippen molar-refractivity contribution in [1.29, 1.82) is 0 Å². The van der Waals surface area contributed by atoms with Crippen molar-refractivity contribution in [3.8, 4) is 0 Å². The molecule has 1 amide bonds. The van der Waals surface area contributed by atoms with Crippen LogP contribution in [0.25, 0.3) is 0 Å². The van der Waals surface area contributed by atoms with Crippen LogP contribution in [-0.2, 0) is 4.74 Å². The Hall–Kier alpha value is -1.50. The summed E-state index contributed by atoms with van der Waals surface area (Å²) in [4.78, 5) is 18.8. The van der Waals surface area contributed by atoms with Gasteiger partial charge in [0, 0.05) is 26.7 Å². The second-order valence-electron chi connectivity index (χ2n) is 9.28. The largest absolute Gasteiger partial charge is 0.444 e. The molecule has 158 valence electrons. The fourth-order valence-corrected chi connectivity index (χ4v) is 3.07. The van der Waals surface area contributed by atoms with Crippen LogP contribution in [0, 0.1) is 5.92 Å². The van der Waals surface area contributed by atoms with E-state index in [1.807, 2.05) is 34.6 Å². The summed E-state index contributed by atoms with van der Waals surface area (Å²) in [5.41, 5.74) is -0.963. The number of aliphatic imine (C=N–C) groups is 1. The van der Waals surface area contributed by atoms with Crippen molar-refractivity contribution in [3.63, 3.8) is 0 Å². The lowest BCUT2D eigenvalue weighted by Gasteiger charge is -2.30. The van der Waals surface area contributed by atoms with Crippen molar-refractivity contribution in [3.05, 3.63) is 0 Å². The van der Waals surface area contributed by atoms with Crippen LogP contribution in [0.4, 0.5) is 4.79 Å². The molecule has 0 aromatic carbocycles. The molecule has 27 heavy (non-hydrogen) atoms. The van der Waals surface area contributed by atoms with Gasteiger partial charge in [-0.05, 0) is 66.5 Å². The van der Waals surface area contributed by atoms with Gasteiger partial charge >= 0.3 is 6.09 Å². The minimum Gasteiger partial charge on any atom is -0.444 e. The Kier molecular flexibility index (Phi) is 9.36. The van der Waals surface area contributed by atoms with Gasteiger partial charge in [-0.2, -0.15) is 0 Å². The van der Waals surface area contributed by atoms with E-state index in [9.17, 15) is 4.79 Å². The highest BCUT2D eigenvalue weighted by Gasteiger charge is 2.24. The molecule has 0 bridgehead atoms. The van der Waals surface area contributed by atoms with Crippen LogP contribution in [0.1, 0.15) is 60.8 Å². The van der Waals surface area contributed by atoms with Crippen molar-refractivity contribution >= 4 is 12.1 Å². The van der Waals surface area contributed by atoms with Crippen molar-refractivity contribution < 1.29 is 9.53 Å². The number of alkyl carbamates (subject to hydrolysis) is 1. The van der Waals surface area contributed by atoms with E-state index in [4.69, 9.17) is 4.74 Å². The molecule has 1 fully saturated rings. The number of carbonyl (C=O) groups excluding carboxylic acids is 1. The standard InChI is InChI=1S/C20H41N5O2/c1-16(14-25-11-9-8-10-12-25)13-22-17(21-7)23-15-20(5,6)24-18(26)27-19(2,3)4/h16H,8-15H2,1-7H3,(H,24,26)(H2,21,22,23). The van der Waals surface area contributed by atoms with E-state index in [-0.39, 0.29) is 0 Å². The highest BCUT2D eigenvalue weighted by atomic mass is 16.6. The first-order valence-electron chi connectivity index (χ1n) is 10.2. The molecular weight excluding hydrogens is 342 g/mol. The maximum absolute atomic E-state index is 12.0. The lowest BCUT2D eigenvalue weighted by Crippen LogP contribution is -2.54. The predicted molar refractivity (Wildman–Crippen MR) is 112 cm³/mol. The van der Waals surface area contributed by atoms with Crippen LogP contribution < -0.4 is 16.0 Å². The zero-order valence-electron chi connectivity index (χ0n) is 18.4. The maximum Gasteiger partial charge on any atom is 0.408 e. The third-order valence-electron chi connectivity index (χ3n) is 4.40. The Morgan fingerprint density at radius 1 is 1.11 bits per heavy atom. The number of nitrogens with zero attached hydrogens (tertiary/aromatic N) is 2. The number of rotatable bonds is 7. The van der Waals surface area contributed by atoms with Gasteiger partial charge in [0.25, 0.3) is 0 Å². The number of ether oxygens (including phenoxy) is 1. The molecule has 1 aliphatic heterocycles. The van der Waals surface area contributed by atoms with E-state index in [2.05, 4.69) is 32.8 Å². The number of hydrogen-bond donors (Lipinski definition) is 3. The summed E-state index contributed by atoms with van der Waals surface area (Å²) in [7, 11) is 1.76. The highest BCUT2D eigenvalue weighted by molar-refractivity contribution is 5.79. The fraction of sp³-hybridized carbons (Fsp3) is 0.900. The molecule has 1 unspecified atom stereocenters. The molecule has 0 aliphatic carbocycles. The first-order chi connectivity index (χ1) is 12.5. The molecule has 0 aromatic rings. The minimum atomic E-state index is -0.504. The van der Waals surface area contributed by atoms with Crippen molar-refractivity contribution in [2.45, 2.75) is 71.9 Å². The van der Waals surface area contributed by atoms with Gasteiger partial charge in [-0.3, -0.25) is 4.99 Å². The average molecular weight is 384 g/mol. The van der Waals surface area contributed by atoms with E-state index in [0.717, 1.165) is 19.0 Å². The van der Waals surface area contributed by atoms with Gasteiger partial charge in [-0.25, -0.2) is 4.79 Å². The zero-order valence-corrected chi connectivity index (χ0v) is 18.4. The quantitative estimate of drug-likeness (QED) is 0.465. The second kappa shape index (κ2) is 10.7. The molecule has 0 radical (unpaired) electrons. The van der Waals surface area contributed by atoms with Gasteiger partial charge in [0.2, 0.25) is 0 Å². The first-order valence-corrected chi connectivity index (χ1v) is 10.2. The topological polar surface area (TPSA) is 78.0 Å². The maximum atomic E-state index is 12.0. The summed E-state index contributed by atoms with van der Waals surface area (Å²) < 4.78 is 5.33. The number of amides is 1. The number of likely N-dealkylation sites (tertiary alicyclic amines) is 1. The van der Waals surface area contributed by atoms with Crippen LogP contribution in [0.5, 0.6) is 0 Å². The van der Waals surface area contributed by atoms with E-state index in [0.29, 0.717) is 12.5 Å².